The van der Waals surface area contributed by atoms with Gasteiger partial charge in [-0.15, -0.1) is 0 Å². The summed E-state index contributed by atoms with van der Waals surface area (Å²) in [5.41, 5.74) is 2.01. The summed E-state index contributed by atoms with van der Waals surface area (Å²) in [5.74, 6) is 0.193. The van der Waals surface area contributed by atoms with Gasteiger partial charge in [0, 0.05) is 11.1 Å². The van der Waals surface area contributed by atoms with Crippen LogP contribution in [0.25, 0.3) is 23.0 Å². The van der Waals surface area contributed by atoms with Gasteiger partial charge in [0.25, 0.3) is 5.89 Å². The van der Waals surface area contributed by atoms with E-state index in [1.54, 1.807) is 6.07 Å². The highest BCUT2D eigenvalue weighted by molar-refractivity contribution is 5.88. The summed E-state index contributed by atoms with van der Waals surface area (Å²) in [5, 5.41) is 13.4. The molecule has 28 heavy (non-hydrogen) atoms. The maximum atomic E-state index is 12.8. The molecule has 1 aromatic heterocycles. The van der Waals surface area contributed by atoms with Crippen LogP contribution in [-0.4, -0.2) is 23.9 Å². The van der Waals surface area contributed by atoms with Crippen molar-refractivity contribution >= 4 is 11.6 Å². The molecule has 0 N–H and O–H groups in total. The van der Waals surface area contributed by atoms with E-state index in [1.165, 1.54) is 25.3 Å². The van der Waals surface area contributed by atoms with Crippen molar-refractivity contribution in [1.29, 1.82) is 5.26 Å². The Morgan fingerprint density at radius 1 is 1.21 bits per heavy atom. The maximum Gasteiger partial charge on any atom is 0.387 e. The number of aromatic nitrogens is 2. The van der Waals surface area contributed by atoms with Crippen molar-refractivity contribution in [3.05, 3.63) is 59.5 Å². The van der Waals surface area contributed by atoms with Gasteiger partial charge in [-0.2, -0.15) is 19.0 Å². The lowest BCUT2D eigenvalue weighted by molar-refractivity contribution is -0.0513. The summed E-state index contributed by atoms with van der Waals surface area (Å²) in [7, 11) is 1.33. The summed E-state index contributed by atoms with van der Waals surface area (Å²) in [6, 6.07) is 14.0. The molecule has 0 aliphatic rings. The van der Waals surface area contributed by atoms with Gasteiger partial charge in [-0.3, -0.25) is 0 Å². The van der Waals surface area contributed by atoms with Gasteiger partial charge in [0.15, 0.2) is 11.5 Å². The molecule has 142 valence electrons. The average molecular weight is 383 g/mol. The number of para-hydroxylation sites is 1. The molecule has 0 radical (unpaired) electrons. The van der Waals surface area contributed by atoms with Crippen LogP contribution in [0.2, 0.25) is 0 Å². The number of hydrogen-bond donors (Lipinski definition) is 0. The van der Waals surface area contributed by atoms with E-state index in [0.717, 1.165) is 11.1 Å². The van der Waals surface area contributed by atoms with Crippen LogP contribution < -0.4 is 9.47 Å². The van der Waals surface area contributed by atoms with E-state index in [2.05, 4.69) is 14.9 Å². The van der Waals surface area contributed by atoms with Gasteiger partial charge in [-0.1, -0.05) is 47.1 Å². The first-order valence-corrected chi connectivity index (χ1v) is 8.16. The van der Waals surface area contributed by atoms with Crippen molar-refractivity contribution in [1.82, 2.24) is 10.1 Å². The Morgan fingerprint density at radius 3 is 2.61 bits per heavy atom. The van der Waals surface area contributed by atoms with Crippen LogP contribution in [0.1, 0.15) is 17.0 Å². The number of methoxy groups -OCH3 is 1. The highest BCUT2D eigenvalue weighted by Crippen LogP contribution is 2.34. The Morgan fingerprint density at radius 2 is 1.96 bits per heavy atom. The third-order valence-corrected chi connectivity index (χ3v) is 3.82. The Kier molecular flexibility index (Phi) is 5.65. The summed E-state index contributed by atoms with van der Waals surface area (Å²) < 4.78 is 40.3. The Bertz CT molecular complexity index is 1040. The molecule has 0 aliphatic carbocycles. The van der Waals surface area contributed by atoms with Gasteiger partial charge in [-0.25, -0.2) is 0 Å². The van der Waals surface area contributed by atoms with E-state index in [1.807, 2.05) is 37.3 Å². The summed E-state index contributed by atoms with van der Waals surface area (Å²) in [6.07, 6.45) is 1.33. The van der Waals surface area contributed by atoms with Crippen LogP contribution in [0, 0.1) is 18.3 Å². The minimum absolute atomic E-state index is 0.00164. The highest BCUT2D eigenvalue weighted by Gasteiger charge is 2.17. The number of hydrogen-bond acceptors (Lipinski definition) is 6. The SMILES string of the molecule is COc1cccc(/C=C(\C#N)c2nc(-c3ccc(C)cc3)no2)c1OC(F)F. The Balaban J connectivity index is 2.00. The van der Waals surface area contributed by atoms with Crippen LogP contribution in [0.15, 0.2) is 47.0 Å². The van der Waals surface area contributed by atoms with Crippen LogP contribution in [0.5, 0.6) is 11.5 Å². The van der Waals surface area contributed by atoms with E-state index in [9.17, 15) is 14.0 Å². The summed E-state index contributed by atoms with van der Waals surface area (Å²) in [4.78, 5) is 4.22. The van der Waals surface area contributed by atoms with E-state index in [0.29, 0.717) is 5.82 Å². The molecule has 0 aliphatic heterocycles. The van der Waals surface area contributed by atoms with Crippen molar-refractivity contribution in [2.45, 2.75) is 13.5 Å². The molecule has 2 aromatic carbocycles. The molecule has 3 rings (SSSR count). The van der Waals surface area contributed by atoms with Crippen LogP contribution in [0.4, 0.5) is 8.78 Å². The number of aryl methyl sites for hydroxylation is 1. The largest absolute Gasteiger partial charge is 0.493 e. The zero-order valence-corrected chi connectivity index (χ0v) is 15.0. The van der Waals surface area contributed by atoms with Gasteiger partial charge in [0.2, 0.25) is 5.82 Å². The number of nitriles is 1. The third kappa shape index (κ3) is 4.15. The lowest BCUT2D eigenvalue weighted by Crippen LogP contribution is -2.05. The fraction of sp³-hybridized carbons (Fsp3) is 0.150. The zero-order chi connectivity index (χ0) is 20.1. The first-order valence-electron chi connectivity index (χ1n) is 8.16. The first kappa shape index (κ1) is 19.0. The molecule has 0 saturated heterocycles. The standard InChI is InChI=1S/C20H15F2N3O3/c1-12-6-8-13(9-7-12)18-24-19(28-25-18)15(11-23)10-14-4-3-5-16(26-2)17(14)27-20(21)22/h3-10,20H,1-2H3/b15-10+. The number of halogens is 2. The van der Waals surface area contributed by atoms with Crippen molar-refractivity contribution in [3.8, 4) is 29.0 Å². The fourth-order valence-electron chi connectivity index (χ4n) is 2.47. The van der Waals surface area contributed by atoms with E-state index in [4.69, 9.17) is 9.26 Å². The van der Waals surface area contributed by atoms with Crippen LogP contribution in [-0.2, 0) is 0 Å². The van der Waals surface area contributed by atoms with Gasteiger partial charge < -0.3 is 14.0 Å². The molecule has 0 unspecified atom stereocenters. The number of rotatable bonds is 6. The number of allylic oxidation sites excluding steroid dienone is 1. The summed E-state index contributed by atoms with van der Waals surface area (Å²) in [6.45, 7) is -1.10. The average Bonchev–Trinajstić information content (AvgIpc) is 3.17. The number of alkyl halides is 2. The molecule has 0 bridgehead atoms. The van der Waals surface area contributed by atoms with Gasteiger partial charge in [0.1, 0.15) is 11.6 Å². The second-order valence-corrected chi connectivity index (χ2v) is 5.72. The third-order valence-electron chi connectivity index (χ3n) is 3.82. The lowest BCUT2D eigenvalue weighted by atomic mass is 10.1. The van der Waals surface area contributed by atoms with Crippen molar-refractivity contribution < 1.29 is 22.8 Å². The maximum absolute atomic E-state index is 12.8. The molecule has 0 atom stereocenters. The first-order chi connectivity index (χ1) is 13.5. The molecular weight excluding hydrogens is 368 g/mol. The van der Waals surface area contributed by atoms with E-state index in [-0.39, 0.29) is 28.5 Å². The molecule has 6 nitrogen and oxygen atoms in total. The van der Waals surface area contributed by atoms with Gasteiger partial charge in [-0.05, 0) is 19.1 Å². The van der Waals surface area contributed by atoms with Gasteiger partial charge >= 0.3 is 6.61 Å². The topological polar surface area (TPSA) is 81.2 Å². The molecule has 0 saturated carbocycles. The van der Waals surface area contributed by atoms with Gasteiger partial charge in [0.05, 0.1) is 7.11 Å². The minimum atomic E-state index is -3.05. The predicted octanol–water partition coefficient (Wildman–Crippen LogP) is 4.72. The quantitative estimate of drug-likeness (QED) is 0.573. The van der Waals surface area contributed by atoms with Crippen molar-refractivity contribution in [2.75, 3.05) is 7.11 Å². The van der Waals surface area contributed by atoms with Crippen molar-refractivity contribution in [2.24, 2.45) is 0 Å². The van der Waals surface area contributed by atoms with Crippen LogP contribution >= 0.6 is 0 Å². The van der Waals surface area contributed by atoms with E-state index < -0.39 is 6.61 Å². The Labute approximate surface area is 159 Å². The molecular formula is C20H15F2N3O3. The fourth-order valence-corrected chi connectivity index (χ4v) is 2.47. The molecule has 8 heteroatoms. The van der Waals surface area contributed by atoms with E-state index >= 15 is 0 Å². The lowest BCUT2D eigenvalue weighted by Gasteiger charge is -2.12. The Hall–Kier alpha value is -3.73. The monoisotopic (exact) mass is 383 g/mol. The molecule has 1 heterocycles. The second kappa shape index (κ2) is 8.31. The highest BCUT2D eigenvalue weighted by atomic mass is 19.3. The number of ether oxygens (including phenoxy) is 2. The molecule has 0 amide bonds. The molecule has 3 aromatic rings. The van der Waals surface area contributed by atoms with Crippen LogP contribution in [0.3, 0.4) is 0 Å². The summed E-state index contributed by atoms with van der Waals surface area (Å²) >= 11 is 0. The molecule has 0 fully saturated rings. The predicted molar refractivity (Wildman–Crippen MR) is 97.6 cm³/mol. The smallest absolute Gasteiger partial charge is 0.387 e. The molecule has 0 spiro atoms. The number of benzene rings is 2. The second-order valence-electron chi connectivity index (χ2n) is 5.72. The zero-order valence-electron chi connectivity index (χ0n) is 15.0. The van der Waals surface area contributed by atoms with Crippen molar-refractivity contribution in [3.63, 3.8) is 0 Å². The number of nitrogens with zero attached hydrogens (tertiary/aromatic N) is 3. The normalized spacial score (nSPS) is 11.4. The minimum Gasteiger partial charge on any atom is -0.493 e.